The van der Waals surface area contributed by atoms with E-state index in [4.69, 9.17) is 4.74 Å². The molecule has 0 heterocycles. The van der Waals surface area contributed by atoms with Gasteiger partial charge in [0.15, 0.2) is 0 Å². The zero-order valence-corrected chi connectivity index (χ0v) is 18.5. The van der Waals surface area contributed by atoms with Crippen LogP contribution in [-0.2, 0) is 14.8 Å². The molecule has 0 aliphatic rings. The molecule has 0 fully saturated rings. The van der Waals surface area contributed by atoms with Gasteiger partial charge in [0.25, 0.3) is 0 Å². The van der Waals surface area contributed by atoms with E-state index in [2.05, 4.69) is 16.1 Å². The van der Waals surface area contributed by atoms with E-state index in [1.165, 1.54) is 19.2 Å². The molecule has 0 aliphatic carbocycles. The summed E-state index contributed by atoms with van der Waals surface area (Å²) in [7, 11) is -2.13. The number of amides is 1. The number of carbonyl (C=O) groups excluding carboxylic acids is 1. The molecule has 1 amide bonds. The zero-order chi connectivity index (χ0) is 21.7. The summed E-state index contributed by atoms with van der Waals surface area (Å²) < 4.78 is 31.7. The van der Waals surface area contributed by atoms with Crippen molar-refractivity contribution in [1.82, 2.24) is 4.72 Å². The Balaban J connectivity index is 1.88. The number of hydrogen-bond acceptors (Lipinski definition) is 4. The molecule has 2 aromatic carbocycles. The van der Waals surface area contributed by atoms with Gasteiger partial charge in [-0.3, -0.25) is 4.79 Å². The summed E-state index contributed by atoms with van der Waals surface area (Å²) in [5.41, 5.74) is 2.22. The Hall–Kier alpha value is -2.38. The van der Waals surface area contributed by atoms with Crippen molar-refractivity contribution in [2.75, 3.05) is 19.0 Å². The average Bonchev–Trinajstić information content (AvgIpc) is 2.68. The van der Waals surface area contributed by atoms with Crippen LogP contribution >= 0.6 is 0 Å². The first-order chi connectivity index (χ1) is 13.5. The maximum Gasteiger partial charge on any atom is 0.240 e. The van der Waals surface area contributed by atoms with Gasteiger partial charge >= 0.3 is 0 Å². The van der Waals surface area contributed by atoms with Crippen LogP contribution in [0.1, 0.15) is 37.8 Å². The molecule has 0 unspecified atom stereocenters. The van der Waals surface area contributed by atoms with Crippen molar-refractivity contribution < 1.29 is 17.9 Å². The second-order valence-corrected chi connectivity index (χ2v) is 9.68. The van der Waals surface area contributed by atoms with E-state index in [-0.39, 0.29) is 10.8 Å². The zero-order valence-electron chi connectivity index (χ0n) is 17.7. The van der Waals surface area contributed by atoms with Crippen molar-refractivity contribution in [2.24, 2.45) is 5.41 Å². The number of aryl methyl sites for hydroxylation is 2. The second-order valence-electron chi connectivity index (χ2n) is 7.79. The summed E-state index contributed by atoms with van der Waals surface area (Å²) in [4.78, 5) is 12.8. The number of sulfonamides is 1. The van der Waals surface area contributed by atoms with Crippen LogP contribution in [0, 0.1) is 19.3 Å². The van der Waals surface area contributed by atoms with Crippen LogP contribution in [0.2, 0.25) is 0 Å². The van der Waals surface area contributed by atoms with Crippen LogP contribution in [0.25, 0.3) is 0 Å². The number of nitrogens with one attached hydrogen (secondary N) is 2. The molecule has 2 aromatic rings. The first-order valence-electron chi connectivity index (χ1n) is 9.60. The molecule has 0 aliphatic heterocycles. The number of ether oxygens (including phenoxy) is 1. The Kier molecular flexibility index (Phi) is 7.43. The van der Waals surface area contributed by atoms with Gasteiger partial charge in [-0.2, -0.15) is 0 Å². The maximum absolute atomic E-state index is 12.7. The minimum Gasteiger partial charge on any atom is -0.493 e. The smallest absolute Gasteiger partial charge is 0.240 e. The summed E-state index contributed by atoms with van der Waals surface area (Å²) in [5, 5.41) is 2.86. The van der Waals surface area contributed by atoms with Crippen LogP contribution in [0.5, 0.6) is 5.75 Å². The van der Waals surface area contributed by atoms with E-state index in [1.807, 2.05) is 39.8 Å². The van der Waals surface area contributed by atoms with Gasteiger partial charge in [0, 0.05) is 11.1 Å². The molecule has 158 valence electrons. The van der Waals surface area contributed by atoms with Crippen LogP contribution < -0.4 is 14.8 Å². The topological polar surface area (TPSA) is 84.5 Å². The van der Waals surface area contributed by atoms with Gasteiger partial charge in [-0.05, 0) is 75.2 Å². The van der Waals surface area contributed by atoms with Crippen LogP contribution in [0.15, 0.2) is 47.4 Å². The predicted molar refractivity (Wildman–Crippen MR) is 116 cm³/mol. The van der Waals surface area contributed by atoms with Crippen molar-refractivity contribution in [3.05, 3.63) is 53.6 Å². The highest BCUT2D eigenvalue weighted by atomic mass is 32.2. The molecule has 0 spiro atoms. The largest absolute Gasteiger partial charge is 0.493 e. The standard InChI is InChI=1S/C22H30N2O4S/c1-16-7-8-17(2)20(15-16)28-14-6-13-22(3,4)21(25)24-18-9-11-19(12-10-18)29(26,27)23-5/h7-12,15,23H,6,13-14H2,1-5H3,(H,24,25). The Morgan fingerprint density at radius 3 is 2.34 bits per heavy atom. The quantitative estimate of drug-likeness (QED) is 0.602. The normalized spacial score (nSPS) is 11.9. The fraction of sp³-hybridized carbons (Fsp3) is 0.409. The molecule has 2 rings (SSSR count). The number of anilines is 1. The first kappa shape index (κ1) is 22.9. The molecule has 0 saturated carbocycles. The first-order valence-corrected chi connectivity index (χ1v) is 11.1. The molecule has 0 radical (unpaired) electrons. The number of carbonyl (C=O) groups is 1. The van der Waals surface area contributed by atoms with Gasteiger partial charge in [-0.25, -0.2) is 13.1 Å². The molecule has 0 saturated heterocycles. The van der Waals surface area contributed by atoms with Crippen molar-refractivity contribution in [3.8, 4) is 5.75 Å². The minimum atomic E-state index is -3.49. The number of hydrogen-bond donors (Lipinski definition) is 2. The highest BCUT2D eigenvalue weighted by Gasteiger charge is 2.27. The maximum atomic E-state index is 12.7. The Morgan fingerprint density at radius 2 is 1.72 bits per heavy atom. The van der Waals surface area contributed by atoms with Gasteiger partial charge in [0.1, 0.15) is 5.75 Å². The highest BCUT2D eigenvalue weighted by molar-refractivity contribution is 7.89. The molecule has 0 bridgehead atoms. The summed E-state index contributed by atoms with van der Waals surface area (Å²) in [6, 6.07) is 12.2. The van der Waals surface area contributed by atoms with Gasteiger partial charge in [-0.1, -0.05) is 26.0 Å². The summed E-state index contributed by atoms with van der Waals surface area (Å²) in [6.45, 7) is 8.36. The van der Waals surface area contributed by atoms with E-state index in [9.17, 15) is 13.2 Å². The fourth-order valence-corrected chi connectivity index (χ4v) is 3.54. The molecule has 29 heavy (non-hydrogen) atoms. The van der Waals surface area contributed by atoms with E-state index in [0.717, 1.165) is 23.3 Å². The van der Waals surface area contributed by atoms with E-state index in [1.54, 1.807) is 12.1 Å². The third-order valence-corrected chi connectivity index (χ3v) is 6.28. The fourth-order valence-electron chi connectivity index (χ4n) is 2.81. The van der Waals surface area contributed by atoms with Crippen LogP contribution in [-0.4, -0.2) is 28.0 Å². The second kappa shape index (κ2) is 9.41. The molecule has 0 atom stereocenters. The van der Waals surface area contributed by atoms with E-state index < -0.39 is 15.4 Å². The molecule has 0 aromatic heterocycles. The van der Waals surface area contributed by atoms with Gasteiger partial charge < -0.3 is 10.1 Å². The SMILES string of the molecule is CNS(=O)(=O)c1ccc(NC(=O)C(C)(C)CCCOc2cc(C)ccc2C)cc1. The van der Waals surface area contributed by atoms with Crippen LogP contribution in [0.4, 0.5) is 5.69 Å². The Bertz CT molecular complexity index is 951. The van der Waals surface area contributed by atoms with Gasteiger partial charge in [0.2, 0.25) is 15.9 Å². The van der Waals surface area contributed by atoms with Crippen molar-refractivity contribution >= 4 is 21.6 Å². The lowest BCUT2D eigenvalue weighted by Crippen LogP contribution is -2.31. The molecular weight excluding hydrogens is 388 g/mol. The molecule has 6 nitrogen and oxygen atoms in total. The van der Waals surface area contributed by atoms with Gasteiger partial charge in [-0.15, -0.1) is 0 Å². The minimum absolute atomic E-state index is 0.117. The van der Waals surface area contributed by atoms with Crippen molar-refractivity contribution in [2.45, 2.75) is 45.4 Å². The third kappa shape index (κ3) is 6.30. The van der Waals surface area contributed by atoms with Crippen molar-refractivity contribution in [3.63, 3.8) is 0 Å². The monoisotopic (exact) mass is 418 g/mol. The van der Waals surface area contributed by atoms with E-state index in [0.29, 0.717) is 18.7 Å². The highest BCUT2D eigenvalue weighted by Crippen LogP contribution is 2.26. The summed E-state index contributed by atoms with van der Waals surface area (Å²) >= 11 is 0. The van der Waals surface area contributed by atoms with Crippen molar-refractivity contribution in [1.29, 1.82) is 0 Å². The lowest BCUT2D eigenvalue weighted by Gasteiger charge is -2.23. The lowest BCUT2D eigenvalue weighted by molar-refractivity contribution is -0.124. The lowest BCUT2D eigenvalue weighted by atomic mass is 9.87. The molecular formula is C22H30N2O4S. The van der Waals surface area contributed by atoms with Gasteiger partial charge in [0.05, 0.1) is 11.5 Å². The third-order valence-electron chi connectivity index (χ3n) is 4.85. The summed E-state index contributed by atoms with van der Waals surface area (Å²) in [6.07, 6.45) is 1.41. The average molecular weight is 419 g/mol. The Morgan fingerprint density at radius 1 is 1.07 bits per heavy atom. The summed E-state index contributed by atoms with van der Waals surface area (Å²) in [5.74, 6) is 0.761. The number of benzene rings is 2. The van der Waals surface area contributed by atoms with Crippen LogP contribution in [0.3, 0.4) is 0 Å². The Labute approximate surface area is 173 Å². The molecule has 7 heteroatoms. The molecule has 2 N–H and O–H groups in total. The number of rotatable bonds is 9. The predicted octanol–water partition coefficient (Wildman–Crippen LogP) is 4.04. The van der Waals surface area contributed by atoms with E-state index >= 15 is 0 Å².